The molecule has 0 fully saturated rings. The number of benzene rings is 4. The van der Waals surface area contributed by atoms with Gasteiger partial charge < -0.3 is 19.9 Å². The van der Waals surface area contributed by atoms with Crippen molar-refractivity contribution in [2.45, 2.75) is 19.4 Å². The highest BCUT2D eigenvalue weighted by Crippen LogP contribution is 2.44. The summed E-state index contributed by atoms with van der Waals surface area (Å²) in [6.45, 7) is 2.01. The molecule has 208 valence electrons. The van der Waals surface area contributed by atoms with Gasteiger partial charge in [0.15, 0.2) is 0 Å². The number of carbonyl (C=O) groups excluding carboxylic acids is 1. The number of halogens is 2. The van der Waals surface area contributed by atoms with Gasteiger partial charge in [-0.25, -0.2) is 9.18 Å². The van der Waals surface area contributed by atoms with E-state index in [9.17, 15) is 14.4 Å². The predicted octanol–water partition coefficient (Wildman–Crippen LogP) is 8.02. The van der Waals surface area contributed by atoms with Crippen LogP contribution in [0.2, 0.25) is 5.02 Å². The zero-order chi connectivity index (χ0) is 29.4. The van der Waals surface area contributed by atoms with Crippen molar-refractivity contribution in [3.05, 3.63) is 134 Å². The molecule has 0 saturated heterocycles. The van der Waals surface area contributed by atoms with Crippen molar-refractivity contribution in [2.75, 3.05) is 0 Å². The molecule has 2 N–H and O–H groups in total. The highest BCUT2D eigenvalue weighted by atomic mass is 35.5. The number of nitriles is 1. The van der Waals surface area contributed by atoms with Crippen molar-refractivity contribution < 1.29 is 23.4 Å². The van der Waals surface area contributed by atoms with Crippen LogP contribution in [-0.2, 0) is 6.61 Å². The highest BCUT2D eigenvalue weighted by Gasteiger charge is 2.31. The van der Waals surface area contributed by atoms with E-state index in [0.717, 1.165) is 21.2 Å². The number of hydrogen-bond donors (Lipinski definition) is 1. The van der Waals surface area contributed by atoms with Gasteiger partial charge in [0.1, 0.15) is 46.2 Å². The van der Waals surface area contributed by atoms with Crippen LogP contribution in [0.25, 0.3) is 10.1 Å². The molecular formula is C33H22ClFN2O4S. The first-order valence-corrected chi connectivity index (χ1v) is 14.1. The van der Waals surface area contributed by atoms with Gasteiger partial charge in [0.25, 0.3) is 0 Å². The van der Waals surface area contributed by atoms with Crippen LogP contribution < -0.4 is 19.9 Å². The lowest BCUT2D eigenvalue weighted by Gasteiger charge is -2.27. The summed E-state index contributed by atoms with van der Waals surface area (Å²) in [5.74, 6) is -0.488. The number of fused-ring (bicyclic) bond motifs is 2. The van der Waals surface area contributed by atoms with E-state index in [1.165, 1.54) is 17.4 Å². The SMILES string of the molecule is Cc1ccc2c(Cl)c(C(=O)Oc3ccc4c(c3)OC(N)=C(C#N)C4c3cccc(OCc4ccccc4F)c3)sc2c1. The number of esters is 1. The summed E-state index contributed by atoms with van der Waals surface area (Å²) >= 11 is 7.77. The maximum absolute atomic E-state index is 14.1. The lowest BCUT2D eigenvalue weighted by molar-refractivity contribution is 0.0740. The third kappa shape index (κ3) is 5.16. The monoisotopic (exact) mass is 596 g/mol. The highest BCUT2D eigenvalue weighted by molar-refractivity contribution is 7.21. The van der Waals surface area contributed by atoms with Gasteiger partial charge in [-0.2, -0.15) is 5.26 Å². The normalized spacial score (nSPS) is 14.2. The molecule has 9 heteroatoms. The minimum atomic E-state index is -0.591. The first kappa shape index (κ1) is 27.3. The molecule has 2 heterocycles. The van der Waals surface area contributed by atoms with Crippen LogP contribution in [0, 0.1) is 24.1 Å². The molecule has 5 aromatic rings. The summed E-state index contributed by atoms with van der Waals surface area (Å²) in [5.41, 5.74) is 9.27. The van der Waals surface area contributed by atoms with Crippen molar-refractivity contribution in [3.63, 3.8) is 0 Å². The molecule has 4 aromatic carbocycles. The fourth-order valence-electron chi connectivity index (χ4n) is 4.86. The van der Waals surface area contributed by atoms with Gasteiger partial charge in [-0.3, -0.25) is 0 Å². The lowest BCUT2D eigenvalue weighted by atomic mass is 9.83. The van der Waals surface area contributed by atoms with Crippen molar-refractivity contribution in [1.29, 1.82) is 5.26 Å². The summed E-state index contributed by atoms with van der Waals surface area (Å²) < 4.78 is 32.3. The molecule has 42 heavy (non-hydrogen) atoms. The molecular weight excluding hydrogens is 575 g/mol. The fraction of sp³-hybridized carbons (Fsp3) is 0.0909. The molecule has 1 atom stereocenters. The van der Waals surface area contributed by atoms with E-state index in [1.807, 2.05) is 31.2 Å². The number of ether oxygens (including phenoxy) is 3. The van der Waals surface area contributed by atoms with E-state index in [1.54, 1.807) is 54.6 Å². The number of aryl methyl sites for hydroxylation is 1. The van der Waals surface area contributed by atoms with Gasteiger partial charge in [0.05, 0.1) is 10.9 Å². The Morgan fingerprint density at radius 2 is 1.90 bits per heavy atom. The van der Waals surface area contributed by atoms with E-state index in [-0.39, 0.29) is 29.6 Å². The number of carbonyl (C=O) groups is 1. The van der Waals surface area contributed by atoms with Crippen LogP contribution in [0.4, 0.5) is 4.39 Å². The van der Waals surface area contributed by atoms with E-state index in [2.05, 4.69) is 6.07 Å². The second-order valence-corrected chi connectivity index (χ2v) is 11.1. The minimum absolute atomic E-state index is 0.0434. The van der Waals surface area contributed by atoms with Crippen molar-refractivity contribution >= 4 is 39.0 Å². The Hall–Kier alpha value is -4.84. The Bertz CT molecular complexity index is 1940. The quantitative estimate of drug-likeness (QED) is 0.158. The lowest BCUT2D eigenvalue weighted by Crippen LogP contribution is -2.21. The fourth-order valence-corrected chi connectivity index (χ4v) is 6.34. The molecule has 0 aliphatic carbocycles. The predicted molar refractivity (Wildman–Crippen MR) is 159 cm³/mol. The van der Waals surface area contributed by atoms with E-state index in [4.69, 9.17) is 31.5 Å². The largest absolute Gasteiger partial charge is 0.489 e. The van der Waals surface area contributed by atoms with Gasteiger partial charge in [0, 0.05) is 27.3 Å². The Kier molecular flexibility index (Phi) is 7.29. The Balaban J connectivity index is 1.28. The number of nitrogens with two attached hydrogens (primary N) is 1. The smallest absolute Gasteiger partial charge is 0.355 e. The van der Waals surface area contributed by atoms with Crippen molar-refractivity contribution in [2.24, 2.45) is 5.73 Å². The number of rotatable bonds is 6. The van der Waals surface area contributed by atoms with Crippen molar-refractivity contribution in [1.82, 2.24) is 0 Å². The number of allylic oxidation sites excluding steroid dienone is 1. The average Bonchev–Trinajstić information content (AvgIpc) is 3.31. The van der Waals surface area contributed by atoms with E-state index >= 15 is 0 Å². The molecule has 1 unspecified atom stereocenters. The summed E-state index contributed by atoms with van der Waals surface area (Å²) in [6, 6.07) is 26.4. The van der Waals surface area contributed by atoms with Gasteiger partial charge in [-0.15, -0.1) is 11.3 Å². The molecule has 6 rings (SSSR count). The van der Waals surface area contributed by atoms with Gasteiger partial charge in [0.2, 0.25) is 5.88 Å². The maximum atomic E-state index is 14.1. The molecule has 6 nitrogen and oxygen atoms in total. The molecule has 0 radical (unpaired) electrons. The van der Waals surface area contributed by atoms with Gasteiger partial charge >= 0.3 is 5.97 Å². The third-order valence-electron chi connectivity index (χ3n) is 6.92. The van der Waals surface area contributed by atoms with Crippen LogP contribution in [0.5, 0.6) is 17.2 Å². The summed E-state index contributed by atoms with van der Waals surface area (Å²) in [6.07, 6.45) is 0. The number of nitrogens with zero attached hydrogens (tertiary/aromatic N) is 1. The minimum Gasteiger partial charge on any atom is -0.489 e. The molecule has 0 spiro atoms. The Morgan fingerprint density at radius 1 is 1.07 bits per heavy atom. The average molecular weight is 597 g/mol. The molecule has 1 aliphatic heterocycles. The number of hydrogen-bond acceptors (Lipinski definition) is 7. The summed E-state index contributed by atoms with van der Waals surface area (Å²) in [4.78, 5) is 13.4. The zero-order valence-electron chi connectivity index (χ0n) is 22.2. The Labute approximate surface area is 249 Å². The second-order valence-electron chi connectivity index (χ2n) is 9.71. The van der Waals surface area contributed by atoms with E-state index in [0.29, 0.717) is 32.5 Å². The van der Waals surface area contributed by atoms with E-state index < -0.39 is 11.9 Å². The number of thiophene rings is 1. The van der Waals surface area contributed by atoms with Crippen LogP contribution in [0.1, 0.15) is 37.8 Å². The maximum Gasteiger partial charge on any atom is 0.355 e. The third-order valence-corrected chi connectivity index (χ3v) is 8.55. The second kappa shape index (κ2) is 11.2. The van der Waals surface area contributed by atoms with Gasteiger partial charge in [-0.05, 0) is 48.4 Å². The first-order valence-electron chi connectivity index (χ1n) is 12.9. The molecule has 1 aliphatic rings. The van der Waals surface area contributed by atoms with Crippen LogP contribution in [0.3, 0.4) is 0 Å². The van der Waals surface area contributed by atoms with Gasteiger partial charge in [-0.1, -0.05) is 60.1 Å². The molecule has 1 aromatic heterocycles. The molecule has 0 saturated carbocycles. The van der Waals surface area contributed by atoms with Crippen molar-refractivity contribution in [3.8, 4) is 23.3 Å². The first-order chi connectivity index (χ1) is 20.3. The van der Waals surface area contributed by atoms with Crippen LogP contribution >= 0.6 is 22.9 Å². The van der Waals surface area contributed by atoms with Crippen LogP contribution in [-0.4, -0.2) is 5.97 Å². The molecule has 0 amide bonds. The Morgan fingerprint density at radius 3 is 2.71 bits per heavy atom. The van der Waals surface area contributed by atoms with Crippen LogP contribution in [0.15, 0.2) is 96.4 Å². The summed E-state index contributed by atoms with van der Waals surface area (Å²) in [7, 11) is 0. The zero-order valence-corrected chi connectivity index (χ0v) is 23.8. The molecule has 0 bridgehead atoms. The topological polar surface area (TPSA) is 94.6 Å². The standard InChI is InChI=1S/C33H22ClFN2O4S/c1-18-9-11-24-28(13-18)42-31(30(24)34)33(38)40-22-10-12-23-27(15-22)41-32(37)25(16-36)29(23)19-6-4-7-21(14-19)39-17-20-5-2-3-8-26(20)35/h2-15,29H,17,37H2,1H3. The summed E-state index contributed by atoms with van der Waals surface area (Å²) in [5, 5.41) is 11.1.